The lowest BCUT2D eigenvalue weighted by atomic mass is 9.92. The molecule has 1 saturated carbocycles. The van der Waals surface area contributed by atoms with E-state index < -0.39 is 10.0 Å². The maximum absolute atomic E-state index is 12.8. The van der Waals surface area contributed by atoms with Gasteiger partial charge in [-0.2, -0.15) is 9.29 Å². The molecule has 0 radical (unpaired) electrons. The number of aromatic nitrogens is 3. The van der Waals surface area contributed by atoms with Crippen molar-refractivity contribution >= 4 is 21.6 Å². The fourth-order valence-electron chi connectivity index (χ4n) is 4.19. The van der Waals surface area contributed by atoms with Gasteiger partial charge in [-0.25, -0.2) is 8.42 Å². The van der Waals surface area contributed by atoms with E-state index >= 15 is 0 Å². The predicted molar refractivity (Wildman–Crippen MR) is 107 cm³/mol. The van der Waals surface area contributed by atoms with Crippen molar-refractivity contribution in [2.75, 3.05) is 13.1 Å². The summed E-state index contributed by atoms with van der Waals surface area (Å²) in [6, 6.07) is 10.6. The molecule has 0 bridgehead atoms. The Morgan fingerprint density at radius 1 is 1.17 bits per heavy atom. The molecule has 9 heteroatoms. The number of pyridine rings is 1. The Morgan fingerprint density at radius 2 is 2.00 bits per heavy atom. The zero-order chi connectivity index (χ0) is 20.1. The summed E-state index contributed by atoms with van der Waals surface area (Å²) < 4.78 is 32.7. The number of rotatable bonds is 4. The van der Waals surface area contributed by atoms with Gasteiger partial charge in [-0.15, -0.1) is 0 Å². The lowest BCUT2D eigenvalue weighted by molar-refractivity contribution is 0.242. The van der Waals surface area contributed by atoms with Crippen molar-refractivity contribution in [1.29, 1.82) is 0 Å². The largest absolute Gasteiger partial charge is 0.339 e. The maximum atomic E-state index is 12.8. The van der Waals surface area contributed by atoms with Gasteiger partial charge < -0.3 is 4.52 Å². The van der Waals surface area contributed by atoms with E-state index in [9.17, 15) is 8.42 Å². The Hall–Kier alpha value is -2.29. The topological polar surface area (TPSA) is 89.2 Å². The molecule has 29 heavy (non-hydrogen) atoms. The van der Waals surface area contributed by atoms with E-state index in [0.29, 0.717) is 29.8 Å². The van der Waals surface area contributed by atoms with Crippen LogP contribution in [0.25, 0.3) is 11.4 Å². The molecule has 7 nitrogen and oxygen atoms in total. The summed E-state index contributed by atoms with van der Waals surface area (Å²) >= 11 is 6.04. The first-order chi connectivity index (χ1) is 14.0. The number of sulfonamides is 1. The van der Waals surface area contributed by atoms with Gasteiger partial charge in [-0.1, -0.05) is 28.9 Å². The average Bonchev–Trinajstić information content (AvgIpc) is 3.20. The van der Waals surface area contributed by atoms with E-state index in [0.717, 1.165) is 24.8 Å². The first-order valence-electron chi connectivity index (χ1n) is 9.48. The van der Waals surface area contributed by atoms with Crippen molar-refractivity contribution < 1.29 is 12.9 Å². The monoisotopic (exact) mass is 430 g/mol. The first kappa shape index (κ1) is 18.7. The molecule has 1 spiro atoms. The Morgan fingerprint density at radius 3 is 2.72 bits per heavy atom. The summed E-state index contributed by atoms with van der Waals surface area (Å²) in [4.78, 5) is 8.74. The molecule has 3 aromatic rings. The molecule has 5 rings (SSSR count). The van der Waals surface area contributed by atoms with E-state index in [1.54, 1.807) is 34.8 Å². The highest BCUT2D eigenvalue weighted by atomic mass is 35.5. The third-order valence-electron chi connectivity index (χ3n) is 6.00. The van der Waals surface area contributed by atoms with Crippen molar-refractivity contribution in [2.24, 2.45) is 5.41 Å². The Labute approximate surface area is 173 Å². The normalized spacial score (nSPS) is 21.3. The fourth-order valence-corrected chi connectivity index (χ4v) is 5.79. The predicted octanol–water partition coefficient (Wildman–Crippen LogP) is 3.74. The van der Waals surface area contributed by atoms with Gasteiger partial charge in [0.05, 0.1) is 0 Å². The standard InChI is InChI=1S/C20H19ClN4O3S/c21-15-4-1-3-14(11-15)18-23-19(28-24-18)17-12-20(17)6-9-25(10-7-20)29(26,27)16-5-2-8-22-13-16/h1-5,8,11,13,17H,6-7,9-10,12H2/t17-/m1/s1. The zero-order valence-electron chi connectivity index (χ0n) is 15.5. The molecule has 2 aromatic heterocycles. The van der Waals surface area contributed by atoms with Crippen molar-refractivity contribution in [2.45, 2.75) is 30.1 Å². The van der Waals surface area contributed by atoms with Gasteiger partial charge in [0.15, 0.2) is 0 Å². The molecule has 0 N–H and O–H groups in total. The van der Waals surface area contributed by atoms with Crippen molar-refractivity contribution in [3.63, 3.8) is 0 Å². The fraction of sp³-hybridized carbons (Fsp3) is 0.350. The van der Waals surface area contributed by atoms with Crippen molar-refractivity contribution in [3.8, 4) is 11.4 Å². The van der Waals surface area contributed by atoms with Crippen LogP contribution < -0.4 is 0 Å². The van der Waals surface area contributed by atoms with Crippen LogP contribution in [0.15, 0.2) is 58.2 Å². The minimum absolute atomic E-state index is 0.0547. The number of hydrogen-bond donors (Lipinski definition) is 0. The third-order valence-corrected chi connectivity index (χ3v) is 8.12. The molecule has 1 aromatic carbocycles. The second-order valence-electron chi connectivity index (χ2n) is 7.68. The van der Waals surface area contributed by atoms with Crippen LogP contribution in [0.4, 0.5) is 0 Å². The van der Waals surface area contributed by atoms with Crippen LogP contribution in [0.2, 0.25) is 5.02 Å². The number of hydrogen-bond acceptors (Lipinski definition) is 6. The number of nitrogens with zero attached hydrogens (tertiary/aromatic N) is 4. The molecule has 2 fully saturated rings. The van der Waals surface area contributed by atoms with Gasteiger partial charge in [-0.3, -0.25) is 4.98 Å². The molecular formula is C20H19ClN4O3S. The Balaban J connectivity index is 1.28. The van der Waals surface area contributed by atoms with Crippen LogP contribution in [0.1, 0.15) is 31.1 Å². The highest BCUT2D eigenvalue weighted by Crippen LogP contribution is 2.64. The molecule has 1 atom stereocenters. The van der Waals surface area contributed by atoms with Gasteiger partial charge in [0.25, 0.3) is 0 Å². The van der Waals surface area contributed by atoms with E-state index in [-0.39, 0.29) is 16.2 Å². The minimum atomic E-state index is -3.50. The second kappa shape index (κ2) is 6.90. The molecule has 3 heterocycles. The molecular weight excluding hydrogens is 412 g/mol. The smallest absolute Gasteiger partial charge is 0.244 e. The zero-order valence-corrected chi connectivity index (χ0v) is 17.1. The first-order valence-corrected chi connectivity index (χ1v) is 11.3. The summed E-state index contributed by atoms with van der Waals surface area (Å²) in [5.41, 5.74) is 0.874. The van der Waals surface area contributed by atoms with Crippen LogP contribution >= 0.6 is 11.6 Å². The van der Waals surface area contributed by atoms with Crippen LogP contribution in [0.3, 0.4) is 0 Å². The van der Waals surface area contributed by atoms with E-state index in [1.807, 2.05) is 12.1 Å². The summed E-state index contributed by atoms with van der Waals surface area (Å²) in [5.74, 6) is 1.34. The number of piperidine rings is 1. The van der Waals surface area contributed by atoms with E-state index in [4.69, 9.17) is 16.1 Å². The van der Waals surface area contributed by atoms with Gasteiger partial charge in [0.1, 0.15) is 4.90 Å². The second-order valence-corrected chi connectivity index (χ2v) is 10.1. The lowest BCUT2D eigenvalue weighted by Gasteiger charge is -2.31. The van der Waals surface area contributed by atoms with Crippen molar-refractivity contribution in [1.82, 2.24) is 19.4 Å². The summed E-state index contributed by atoms with van der Waals surface area (Å²) in [7, 11) is -3.50. The van der Waals surface area contributed by atoms with Gasteiger partial charge in [-0.05, 0) is 48.9 Å². The molecule has 1 aliphatic carbocycles. The van der Waals surface area contributed by atoms with E-state index in [2.05, 4.69) is 15.1 Å². The highest BCUT2D eigenvalue weighted by molar-refractivity contribution is 7.89. The third kappa shape index (κ3) is 3.35. The van der Waals surface area contributed by atoms with Crippen LogP contribution in [0, 0.1) is 5.41 Å². The molecule has 2 aliphatic rings. The Bertz CT molecular complexity index is 1140. The van der Waals surface area contributed by atoms with Gasteiger partial charge >= 0.3 is 0 Å². The summed E-state index contributed by atoms with van der Waals surface area (Å²) in [6.07, 6.45) is 5.49. The SMILES string of the molecule is O=S(=O)(c1cccnc1)N1CCC2(CC1)C[C@@H]2c1nc(-c2cccc(Cl)c2)no1. The summed E-state index contributed by atoms with van der Waals surface area (Å²) in [5, 5.41) is 4.73. The number of benzene rings is 1. The number of halogens is 1. The molecule has 0 amide bonds. The summed E-state index contributed by atoms with van der Waals surface area (Å²) in [6.45, 7) is 0.978. The van der Waals surface area contributed by atoms with Crippen LogP contribution in [-0.4, -0.2) is 40.9 Å². The van der Waals surface area contributed by atoms with Crippen LogP contribution in [-0.2, 0) is 10.0 Å². The molecule has 1 saturated heterocycles. The molecule has 150 valence electrons. The molecule has 0 unspecified atom stereocenters. The van der Waals surface area contributed by atoms with Gasteiger partial charge in [0.2, 0.25) is 21.7 Å². The van der Waals surface area contributed by atoms with E-state index in [1.165, 1.54) is 6.20 Å². The highest BCUT2D eigenvalue weighted by Gasteiger charge is 2.59. The average molecular weight is 431 g/mol. The quantitative estimate of drug-likeness (QED) is 0.626. The minimum Gasteiger partial charge on any atom is -0.339 e. The van der Waals surface area contributed by atoms with Crippen LogP contribution in [0.5, 0.6) is 0 Å². The van der Waals surface area contributed by atoms with Gasteiger partial charge in [0, 0.05) is 42.0 Å². The maximum Gasteiger partial charge on any atom is 0.244 e. The Kier molecular flexibility index (Phi) is 4.45. The molecule has 1 aliphatic heterocycles. The lowest BCUT2D eigenvalue weighted by Crippen LogP contribution is -2.39. The van der Waals surface area contributed by atoms with Crippen molar-refractivity contribution in [3.05, 3.63) is 59.7 Å².